The lowest BCUT2D eigenvalue weighted by atomic mass is 9.74. The lowest BCUT2D eigenvalue weighted by molar-refractivity contribution is 0.0511. The summed E-state index contributed by atoms with van der Waals surface area (Å²) >= 11 is 0. The molecule has 0 aliphatic carbocycles. The van der Waals surface area contributed by atoms with Gasteiger partial charge in [0.1, 0.15) is 5.82 Å². The maximum Gasteiger partial charge on any atom is 0.193 e. The van der Waals surface area contributed by atoms with E-state index in [9.17, 15) is 4.39 Å². The Bertz CT molecular complexity index is 611. The van der Waals surface area contributed by atoms with Crippen LogP contribution in [-0.2, 0) is 10.2 Å². The van der Waals surface area contributed by atoms with E-state index < -0.39 is 0 Å². The van der Waals surface area contributed by atoms with Gasteiger partial charge in [-0.15, -0.1) is 6.58 Å². The summed E-state index contributed by atoms with van der Waals surface area (Å²) in [7, 11) is 3.89. The number of hydrogen-bond donors (Lipinski definition) is 1. The molecular weight excluding hydrogens is 341 g/mol. The molecule has 1 heterocycles. The van der Waals surface area contributed by atoms with Gasteiger partial charge >= 0.3 is 0 Å². The SMILES string of the molecule is C=CCCCCCN(C)C(=NC)NCC1(c2cccc(F)c2)CCOCC1. The monoisotopic (exact) mass is 375 g/mol. The number of unbranched alkanes of at least 4 members (excludes halogenated alkanes) is 3. The number of allylic oxidation sites excluding steroid dienone is 1. The summed E-state index contributed by atoms with van der Waals surface area (Å²) in [5.74, 6) is 0.709. The number of nitrogens with one attached hydrogen (secondary N) is 1. The van der Waals surface area contributed by atoms with Crippen LogP contribution in [0.25, 0.3) is 0 Å². The molecule has 27 heavy (non-hydrogen) atoms. The average Bonchev–Trinajstić information content (AvgIpc) is 2.69. The van der Waals surface area contributed by atoms with Gasteiger partial charge in [-0.3, -0.25) is 4.99 Å². The molecule has 0 atom stereocenters. The maximum atomic E-state index is 13.8. The molecule has 5 heteroatoms. The van der Waals surface area contributed by atoms with Crippen LogP contribution in [0, 0.1) is 5.82 Å². The molecule has 0 unspecified atom stereocenters. The van der Waals surface area contributed by atoms with Crippen LogP contribution in [0.5, 0.6) is 0 Å². The van der Waals surface area contributed by atoms with Gasteiger partial charge in [-0.25, -0.2) is 4.39 Å². The molecule has 1 aliphatic heterocycles. The molecule has 0 bridgehead atoms. The van der Waals surface area contributed by atoms with E-state index in [4.69, 9.17) is 4.74 Å². The summed E-state index contributed by atoms with van der Waals surface area (Å²) in [6.07, 6.45) is 8.33. The van der Waals surface area contributed by atoms with Crippen LogP contribution in [-0.4, -0.2) is 51.3 Å². The van der Waals surface area contributed by atoms with Crippen LogP contribution in [0.2, 0.25) is 0 Å². The third-order valence-electron chi connectivity index (χ3n) is 5.45. The van der Waals surface area contributed by atoms with E-state index in [1.165, 1.54) is 18.9 Å². The highest BCUT2D eigenvalue weighted by Gasteiger charge is 2.35. The summed E-state index contributed by atoms with van der Waals surface area (Å²) in [6.45, 7) is 6.87. The molecule has 1 fully saturated rings. The number of rotatable bonds is 9. The first-order valence-electron chi connectivity index (χ1n) is 9.98. The molecule has 0 saturated carbocycles. The zero-order chi connectivity index (χ0) is 19.5. The molecule has 1 aromatic carbocycles. The largest absolute Gasteiger partial charge is 0.381 e. The van der Waals surface area contributed by atoms with E-state index in [0.29, 0.717) is 13.2 Å². The number of ether oxygens (including phenoxy) is 1. The Morgan fingerprint density at radius 1 is 1.33 bits per heavy atom. The van der Waals surface area contributed by atoms with Gasteiger partial charge in [0.05, 0.1) is 0 Å². The Morgan fingerprint density at radius 3 is 2.78 bits per heavy atom. The van der Waals surface area contributed by atoms with E-state index in [1.54, 1.807) is 12.1 Å². The Morgan fingerprint density at radius 2 is 2.11 bits per heavy atom. The van der Waals surface area contributed by atoms with Crippen LogP contribution in [0.1, 0.15) is 44.1 Å². The zero-order valence-electron chi connectivity index (χ0n) is 16.8. The van der Waals surface area contributed by atoms with Crippen LogP contribution >= 0.6 is 0 Å². The highest BCUT2D eigenvalue weighted by atomic mass is 19.1. The minimum Gasteiger partial charge on any atom is -0.381 e. The normalized spacial score (nSPS) is 16.8. The fraction of sp³-hybridized carbons (Fsp3) is 0.591. The van der Waals surface area contributed by atoms with E-state index in [1.807, 2.05) is 19.2 Å². The summed E-state index contributed by atoms with van der Waals surface area (Å²) < 4.78 is 19.4. The minimum absolute atomic E-state index is 0.124. The van der Waals surface area contributed by atoms with Gasteiger partial charge in [-0.05, 0) is 49.8 Å². The number of guanidine groups is 1. The van der Waals surface area contributed by atoms with Crippen molar-refractivity contribution >= 4 is 5.96 Å². The molecule has 0 aromatic heterocycles. The van der Waals surface area contributed by atoms with Crippen molar-refractivity contribution in [2.24, 2.45) is 4.99 Å². The molecule has 1 saturated heterocycles. The molecular formula is C22H34FN3O. The Kier molecular flexibility index (Phi) is 8.79. The van der Waals surface area contributed by atoms with Gasteiger partial charge in [-0.2, -0.15) is 0 Å². The fourth-order valence-electron chi connectivity index (χ4n) is 3.70. The minimum atomic E-state index is -0.181. The lowest BCUT2D eigenvalue weighted by Crippen LogP contribution is -2.48. The second kappa shape index (κ2) is 11.1. The number of benzene rings is 1. The summed E-state index contributed by atoms with van der Waals surface area (Å²) in [5.41, 5.74) is 0.919. The first kappa shape index (κ1) is 21.4. The van der Waals surface area contributed by atoms with Crippen LogP contribution < -0.4 is 5.32 Å². The lowest BCUT2D eigenvalue weighted by Gasteiger charge is -2.39. The quantitative estimate of drug-likeness (QED) is 0.305. The summed E-state index contributed by atoms with van der Waals surface area (Å²) in [5, 5.41) is 3.53. The number of nitrogens with zero attached hydrogens (tertiary/aromatic N) is 2. The van der Waals surface area contributed by atoms with Crippen LogP contribution in [0.3, 0.4) is 0 Å². The van der Waals surface area contributed by atoms with E-state index in [0.717, 1.165) is 50.3 Å². The van der Waals surface area contributed by atoms with Crippen molar-refractivity contribution in [3.8, 4) is 0 Å². The van der Waals surface area contributed by atoms with Gasteiger partial charge in [-0.1, -0.05) is 24.6 Å². The van der Waals surface area contributed by atoms with Crippen molar-refractivity contribution in [2.45, 2.75) is 43.9 Å². The van der Waals surface area contributed by atoms with E-state index in [-0.39, 0.29) is 11.2 Å². The Balaban J connectivity index is 1.97. The molecule has 1 aromatic rings. The molecule has 2 rings (SSSR count). The van der Waals surface area contributed by atoms with E-state index in [2.05, 4.69) is 28.8 Å². The van der Waals surface area contributed by atoms with Crippen LogP contribution in [0.4, 0.5) is 4.39 Å². The van der Waals surface area contributed by atoms with E-state index >= 15 is 0 Å². The van der Waals surface area contributed by atoms with Crippen LogP contribution in [0.15, 0.2) is 41.9 Å². The number of aliphatic imine (C=N–C) groups is 1. The van der Waals surface area contributed by atoms with Gasteiger partial charge in [0.25, 0.3) is 0 Å². The second-order valence-corrected chi connectivity index (χ2v) is 7.36. The molecule has 0 spiro atoms. The van der Waals surface area contributed by atoms with Gasteiger partial charge < -0.3 is 15.0 Å². The maximum absolute atomic E-state index is 13.8. The summed E-state index contributed by atoms with van der Waals surface area (Å²) in [4.78, 5) is 6.61. The average molecular weight is 376 g/mol. The standard InChI is InChI=1S/C22H34FN3O/c1-4-5-6-7-8-14-26(3)21(24-2)25-18-22(12-15-27-16-13-22)19-10-9-11-20(23)17-19/h4,9-11,17H,1,5-8,12-16,18H2,2-3H3,(H,24,25). The third-order valence-corrected chi connectivity index (χ3v) is 5.45. The van der Waals surface area contributed by atoms with Gasteiger partial charge in [0, 0.05) is 45.8 Å². The zero-order valence-corrected chi connectivity index (χ0v) is 16.8. The molecule has 1 N–H and O–H groups in total. The third kappa shape index (κ3) is 6.35. The first-order chi connectivity index (χ1) is 13.1. The number of hydrogen-bond acceptors (Lipinski definition) is 2. The second-order valence-electron chi connectivity index (χ2n) is 7.36. The van der Waals surface area contributed by atoms with Crippen molar-refractivity contribution in [1.29, 1.82) is 0 Å². The Labute approximate surface area is 163 Å². The topological polar surface area (TPSA) is 36.9 Å². The van der Waals surface area contributed by atoms with Gasteiger partial charge in [0.2, 0.25) is 0 Å². The molecule has 0 amide bonds. The smallest absolute Gasteiger partial charge is 0.193 e. The molecule has 0 radical (unpaired) electrons. The Hall–Kier alpha value is -1.88. The van der Waals surface area contributed by atoms with Crippen molar-refractivity contribution in [2.75, 3.05) is 40.4 Å². The van der Waals surface area contributed by atoms with Crippen molar-refractivity contribution in [1.82, 2.24) is 10.2 Å². The number of halogens is 1. The van der Waals surface area contributed by atoms with Crippen molar-refractivity contribution < 1.29 is 9.13 Å². The fourth-order valence-corrected chi connectivity index (χ4v) is 3.70. The highest BCUT2D eigenvalue weighted by Crippen LogP contribution is 2.34. The highest BCUT2D eigenvalue weighted by molar-refractivity contribution is 5.79. The van der Waals surface area contributed by atoms with Gasteiger partial charge in [0.15, 0.2) is 5.96 Å². The molecule has 4 nitrogen and oxygen atoms in total. The predicted octanol–water partition coefficient (Wildman–Crippen LogP) is 4.13. The van der Waals surface area contributed by atoms with Crippen molar-refractivity contribution in [3.05, 3.63) is 48.3 Å². The first-order valence-corrected chi connectivity index (χ1v) is 9.98. The van der Waals surface area contributed by atoms with Crippen molar-refractivity contribution in [3.63, 3.8) is 0 Å². The molecule has 150 valence electrons. The molecule has 1 aliphatic rings. The summed E-state index contributed by atoms with van der Waals surface area (Å²) in [6, 6.07) is 7.00. The predicted molar refractivity (Wildman–Crippen MR) is 111 cm³/mol.